The second-order valence-corrected chi connectivity index (χ2v) is 5.90. The van der Waals surface area contributed by atoms with Crippen LogP contribution in [0.1, 0.15) is 57.6 Å². The van der Waals surface area contributed by atoms with Crippen LogP contribution in [-0.4, -0.2) is 16.8 Å². The first-order chi connectivity index (χ1) is 8.57. The van der Waals surface area contributed by atoms with Gasteiger partial charge in [0.25, 0.3) is 0 Å². The van der Waals surface area contributed by atoms with Crippen LogP contribution in [0.3, 0.4) is 0 Å². The fraction of sp³-hybridized carbons (Fsp3) is 0.625. The monoisotopic (exact) mass is 248 g/mol. The Hall–Kier alpha value is -0.860. The van der Waals surface area contributed by atoms with E-state index in [0.29, 0.717) is 6.10 Å². The van der Waals surface area contributed by atoms with E-state index in [1.807, 2.05) is 30.3 Å². The molecular formula is C16H24O2. The van der Waals surface area contributed by atoms with Crippen LogP contribution in [0, 0.1) is 0 Å². The fourth-order valence-corrected chi connectivity index (χ4v) is 2.66. The molecule has 100 valence electrons. The molecule has 0 radical (unpaired) electrons. The van der Waals surface area contributed by atoms with Crippen molar-refractivity contribution in [3.05, 3.63) is 35.9 Å². The van der Waals surface area contributed by atoms with Crippen LogP contribution in [0.5, 0.6) is 0 Å². The average molecular weight is 248 g/mol. The van der Waals surface area contributed by atoms with Crippen LogP contribution in [0.15, 0.2) is 30.3 Å². The molecule has 2 atom stereocenters. The molecule has 0 saturated carbocycles. The van der Waals surface area contributed by atoms with Gasteiger partial charge in [-0.1, -0.05) is 30.3 Å². The van der Waals surface area contributed by atoms with E-state index in [1.54, 1.807) is 0 Å². The van der Waals surface area contributed by atoms with Crippen LogP contribution in [-0.2, 0) is 4.74 Å². The van der Waals surface area contributed by atoms with Gasteiger partial charge in [-0.15, -0.1) is 0 Å². The van der Waals surface area contributed by atoms with Gasteiger partial charge in [0.15, 0.2) is 0 Å². The number of hydrogen-bond donors (Lipinski definition) is 1. The molecular weight excluding hydrogens is 224 g/mol. The molecule has 2 nitrogen and oxygen atoms in total. The summed E-state index contributed by atoms with van der Waals surface area (Å²) in [4.78, 5) is 0. The Morgan fingerprint density at radius 1 is 1.33 bits per heavy atom. The van der Waals surface area contributed by atoms with E-state index in [9.17, 15) is 5.11 Å². The van der Waals surface area contributed by atoms with Crippen LogP contribution in [0.4, 0.5) is 0 Å². The van der Waals surface area contributed by atoms with Crippen LogP contribution in [0.25, 0.3) is 0 Å². The molecule has 0 aliphatic carbocycles. The Labute approximate surface area is 110 Å². The average Bonchev–Trinajstić information content (AvgIpc) is 2.70. The first-order valence-corrected chi connectivity index (χ1v) is 6.98. The zero-order valence-corrected chi connectivity index (χ0v) is 11.4. The van der Waals surface area contributed by atoms with Crippen molar-refractivity contribution in [2.75, 3.05) is 0 Å². The van der Waals surface area contributed by atoms with Crippen molar-refractivity contribution in [2.24, 2.45) is 0 Å². The maximum atomic E-state index is 10.1. The lowest BCUT2D eigenvalue weighted by molar-refractivity contribution is -0.0201. The van der Waals surface area contributed by atoms with Crippen molar-refractivity contribution < 1.29 is 9.84 Å². The van der Waals surface area contributed by atoms with Gasteiger partial charge < -0.3 is 9.84 Å². The highest BCUT2D eigenvalue weighted by Crippen LogP contribution is 2.32. The predicted molar refractivity (Wildman–Crippen MR) is 73.4 cm³/mol. The third-order valence-corrected chi connectivity index (χ3v) is 3.74. The molecule has 1 aromatic carbocycles. The van der Waals surface area contributed by atoms with Crippen molar-refractivity contribution in [2.45, 2.75) is 63.8 Å². The molecule has 0 spiro atoms. The van der Waals surface area contributed by atoms with E-state index >= 15 is 0 Å². The molecule has 0 bridgehead atoms. The Kier molecular flexibility index (Phi) is 4.41. The number of aliphatic hydroxyl groups excluding tert-OH is 1. The fourth-order valence-electron chi connectivity index (χ4n) is 2.66. The second-order valence-electron chi connectivity index (χ2n) is 5.90. The van der Waals surface area contributed by atoms with Crippen LogP contribution >= 0.6 is 0 Å². The quantitative estimate of drug-likeness (QED) is 0.857. The second kappa shape index (κ2) is 5.85. The van der Waals surface area contributed by atoms with E-state index in [2.05, 4.69) is 13.8 Å². The number of benzene rings is 1. The van der Waals surface area contributed by atoms with Gasteiger partial charge in [-0.3, -0.25) is 0 Å². The number of aliphatic hydroxyl groups is 1. The zero-order valence-electron chi connectivity index (χ0n) is 11.4. The lowest BCUT2D eigenvalue weighted by Gasteiger charge is -2.19. The maximum Gasteiger partial charge on any atom is 0.0790 e. The van der Waals surface area contributed by atoms with Crippen molar-refractivity contribution in [1.82, 2.24) is 0 Å². The number of hydrogen-bond acceptors (Lipinski definition) is 2. The van der Waals surface area contributed by atoms with Crippen molar-refractivity contribution in [3.8, 4) is 0 Å². The number of ether oxygens (including phenoxy) is 1. The summed E-state index contributed by atoms with van der Waals surface area (Å²) in [6.45, 7) is 4.32. The molecule has 1 aliphatic heterocycles. The predicted octanol–water partition coefficient (Wildman–Crippen LogP) is 3.85. The molecule has 2 unspecified atom stereocenters. The highest BCUT2D eigenvalue weighted by atomic mass is 16.5. The van der Waals surface area contributed by atoms with E-state index in [0.717, 1.165) is 37.7 Å². The molecule has 1 aliphatic rings. The Balaban J connectivity index is 1.70. The standard InChI is InChI=1S/C16H24O2/c1-16(2)12-11-14(18-16)9-6-10-15(17)13-7-4-3-5-8-13/h3-5,7-8,14-15,17H,6,9-12H2,1-2H3. The summed E-state index contributed by atoms with van der Waals surface area (Å²) in [6, 6.07) is 9.90. The first-order valence-electron chi connectivity index (χ1n) is 6.98. The highest BCUT2D eigenvalue weighted by molar-refractivity contribution is 5.16. The third kappa shape index (κ3) is 3.82. The molecule has 0 aromatic heterocycles. The Morgan fingerprint density at radius 2 is 2.06 bits per heavy atom. The normalized spacial score (nSPS) is 24.1. The van der Waals surface area contributed by atoms with Gasteiger partial charge in [-0.05, 0) is 51.5 Å². The van der Waals surface area contributed by atoms with E-state index in [1.165, 1.54) is 0 Å². The SMILES string of the molecule is CC1(C)CCC(CCCC(O)c2ccccc2)O1. The summed E-state index contributed by atoms with van der Waals surface area (Å²) in [5.41, 5.74) is 1.08. The van der Waals surface area contributed by atoms with Gasteiger partial charge in [0.05, 0.1) is 17.8 Å². The van der Waals surface area contributed by atoms with Gasteiger partial charge in [-0.25, -0.2) is 0 Å². The maximum absolute atomic E-state index is 10.1. The minimum atomic E-state index is -0.333. The molecule has 1 saturated heterocycles. The van der Waals surface area contributed by atoms with Gasteiger partial charge >= 0.3 is 0 Å². The van der Waals surface area contributed by atoms with Gasteiger partial charge in [0, 0.05) is 0 Å². The summed E-state index contributed by atoms with van der Waals surface area (Å²) >= 11 is 0. The molecule has 2 heteroatoms. The summed E-state index contributed by atoms with van der Waals surface area (Å²) < 4.78 is 5.95. The summed E-state index contributed by atoms with van der Waals surface area (Å²) in [5, 5.41) is 10.1. The van der Waals surface area contributed by atoms with Crippen molar-refractivity contribution in [1.29, 1.82) is 0 Å². The van der Waals surface area contributed by atoms with Gasteiger partial charge in [0.2, 0.25) is 0 Å². The summed E-state index contributed by atoms with van der Waals surface area (Å²) in [6.07, 6.45) is 5.28. The van der Waals surface area contributed by atoms with Gasteiger partial charge in [0.1, 0.15) is 0 Å². The molecule has 1 heterocycles. The Bertz CT molecular complexity index is 359. The lowest BCUT2D eigenvalue weighted by Crippen LogP contribution is -2.19. The topological polar surface area (TPSA) is 29.5 Å². The largest absolute Gasteiger partial charge is 0.388 e. The van der Waals surface area contributed by atoms with Crippen molar-refractivity contribution >= 4 is 0 Å². The van der Waals surface area contributed by atoms with Gasteiger partial charge in [-0.2, -0.15) is 0 Å². The minimum Gasteiger partial charge on any atom is -0.388 e. The summed E-state index contributed by atoms with van der Waals surface area (Å²) in [5.74, 6) is 0. The van der Waals surface area contributed by atoms with E-state index < -0.39 is 0 Å². The molecule has 1 fully saturated rings. The minimum absolute atomic E-state index is 0.0582. The smallest absolute Gasteiger partial charge is 0.0790 e. The molecule has 18 heavy (non-hydrogen) atoms. The number of rotatable bonds is 5. The van der Waals surface area contributed by atoms with Crippen LogP contribution in [0.2, 0.25) is 0 Å². The molecule has 2 rings (SSSR count). The first kappa shape index (κ1) is 13.6. The lowest BCUT2D eigenvalue weighted by atomic mass is 10.0. The molecule has 0 amide bonds. The highest BCUT2D eigenvalue weighted by Gasteiger charge is 2.31. The van der Waals surface area contributed by atoms with E-state index in [4.69, 9.17) is 4.74 Å². The van der Waals surface area contributed by atoms with E-state index in [-0.39, 0.29) is 11.7 Å². The zero-order chi connectivity index (χ0) is 13.0. The third-order valence-electron chi connectivity index (χ3n) is 3.74. The Morgan fingerprint density at radius 3 is 2.67 bits per heavy atom. The van der Waals surface area contributed by atoms with Crippen LogP contribution < -0.4 is 0 Å². The molecule has 1 aromatic rings. The van der Waals surface area contributed by atoms with Crippen molar-refractivity contribution in [3.63, 3.8) is 0 Å². The summed E-state index contributed by atoms with van der Waals surface area (Å²) in [7, 11) is 0. The molecule has 1 N–H and O–H groups in total.